The van der Waals surface area contributed by atoms with Gasteiger partial charge in [0.2, 0.25) is 6.41 Å². The summed E-state index contributed by atoms with van der Waals surface area (Å²) in [6, 6.07) is 5.72. The number of aliphatic imine (C=N–C) groups is 1. The zero-order valence-electron chi connectivity index (χ0n) is 9.97. The first kappa shape index (κ1) is 12.9. The lowest BCUT2D eigenvalue weighted by molar-refractivity contribution is -0.114. The molecule has 1 aromatic carbocycles. The standard InChI is InChI=1S/C12H14BrN3O2/c1-16(7-17)12(14)15-10-4-5-18-11-3-2-8(13)6-9(10)11/h2-3,6-7,10H,4-5H2,1H3,(H2,14,15). The predicted molar refractivity (Wildman–Crippen MR) is 72.4 cm³/mol. The van der Waals surface area contributed by atoms with Crippen molar-refractivity contribution in [3.63, 3.8) is 0 Å². The van der Waals surface area contributed by atoms with Crippen molar-refractivity contribution >= 4 is 28.3 Å². The van der Waals surface area contributed by atoms with E-state index in [4.69, 9.17) is 10.5 Å². The normalized spacial score (nSPS) is 18.8. The maximum atomic E-state index is 10.6. The van der Waals surface area contributed by atoms with Crippen LogP contribution in [-0.2, 0) is 4.79 Å². The van der Waals surface area contributed by atoms with Gasteiger partial charge in [0.1, 0.15) is 5.75 Å². The number of carbonyl (C=O) groups excluding carboxylic acids is 1. The fourth-order valence-electron chi connectivity index (χ4n) is 1.79. The third-order valence-corrected chi connectivity index (χ3v) is 3.28. The number of nitrogens with two attached hydrogens (primary N) is 1. The van der Waals surface area contributed by atoms with Crippen LogP contribution >= 0.6 is 15.9 Å². The van der Waals surface area contributed by atoms with Gasteiger partial charge in [-0.3, -0.25) is 9.69 Å². The van der Waals surface area contributed by atoms with Crippen LogP contribution in [0.1, 0.15) is 18.0 Å². The maximum absolute atomic E-state index is 10.6. The number of guanidine groups is 1. The van der Waals surface area contributed by atoms with E-state index in [2.05, 4.69) is 20.9 Å². The summed E-state index contributed by atoms with van der Waals surface area (Å²) < 4.78 is 6.53. The molecule has 1 aromatic rings. The van der Waals surface area contributed by atoms with Gasteiger partial charge in [-0.05, 0) is 18.2 Å². The third-order valence-electron chi connectivity index (χ3n) is 2.79. The second kappa shape index (κ2) is 5.39. The van der Waals surface area contributed by atoms with E-state index in [0.29, 0.717) is 13.0 Å². The highest BCUT2D eigenvalue weighted by Gasteiger charge is 2.21. The number of benzene rings is 1. The molecule has 18 heavy (non-hydrogen) atoms. The monoisotopic (exact) mass is 311 g/mol. The van der Waals surface area contributed by atoms with Gasteiger partial charge in [-0.2, -0.15) is 0 Å². The Bertz CT molecular complexity index is 490. The molecular formula is C12H14BrN3O2. The van der Waals surface area contributed by atoms with Gasteiger partial charge < -0.3 is 10.5 Å². The van der Waals surface area contributed by atoms with Crippen LogP contribution in [0.4, 0.5) is 0 Å². The van der Waals surface area contributed by atoms with Crippen molar-refractivity contribution in [3.05, 3.63) is 28.2 Å². The number of ether oxygens (including phenoxy) is 1. The molecule has 2 N–H and O–H groups in total. The van der Waals surface area contributed by atoms with Crippen molar-refractivity contribution < 1.29 is 9.53 Å². The second-order valence-electron chi connectivity index (χ2n) is 4.04. The fraction of sp³-hybridized carbons (Fsp3) is 0.333. The molecule has 0 radical (unpaired) electrons. The molecule has 5 nitrogen and oxygen atoms in total. The zero-order valence-corrected chi connectivity index (χ0v) is 11.6. The number of hydrogen-bond acceptors (Lipinski definition) is 3. The van der Waals surface area contributed by atoms with Crippen LogP contribution in [0.25, 0.3) is 0 Å². The van der Waals surface area contributed by atoms with E-state index in [-0.39, 0.29) is 12.0 Å². The van der Waals surface area contributed by atoms with Crippen molar-refractivity contribution in [3.8, 4) is 5.75 Å². The lowest BCUT2D eigenvalue weighted by Gasteiger charge is -2.24. The van der Waals surface area contributed by atoms with E-state index in [1.165, 1.54) is 4.90 Å². The number of carbonyl (C=O) groups is 1. The number of nitrogens with zero attached hydrogens (tertiary/aromatic N) is 2. The highest BCUT2D eigenvalue weighted by molar-refractivity contribution is 9.10. The summed E-state index contributed by atoms with van der Waals surface area (Å²) in [6.45, 7) is 0.598. The molecule has 1 unspecified atom stereocenters. The first-order valence-corrected chi connectivity index (χ1v) is 6.34. The summed E-state index contributed by atoms with van der Waals surface area (Å²) >= 11 is 3.42. The lowest BCUT2D eigenvalue weighted by atomic mass is 10.0. The van der Waals surface area contributed by atoms with E-state index < -0.39 is 0 Å². The van der Waals surface area contributed by atoms with Crippen molar-refractivity contribution in [1.29, 1.82) is 0 Å². The maximum Gasteiger partial charge on any atom is 0.216 e. The molecule has 0 saturated carbocycles. The number of hydrogen-bond donors (Lipinski definition) is 1. The van der Waals surface area contributed by atoms with Gasteiger partial charge >= 0.3 is 0 Å². The zero-order chi connectivity index (χ0) is 13.1. The minimum atomic E-state index is -0.0753. The third kappa shape index (κ3) is 2.64. The van der Waals surface area contributed by atoms with E-state index >= 15 is 0 Å². The molecule has 1 aliphatic heterocycles. The van der Waals surface area contributed by atoms with E-state index in [1.807, 2.05) is 18.2 Å². The molecule has 0 fully saturated rings. The van der Waals surface area contributed by atoms with Crippen molar-refractivity contribution in [2.24, 2.45) is 10.7 Å². The van der Waals surface area contributed by atoms with Crippen LogP contribution in [0, 0.1) is 0 Å². The molecule has 1 amide bonds. The number of rotatable bonds is 2. The molecule has 6 heteroatoms. The molecule has 1 heterocycles. The molecule has 0 aliphatic carbocycles. The average molecular weight is 312 g/mol. The average Bonchev–Trinajstić information content (AvgIpc) is 2.38. The van der Waals surface area contributed by atoms with Gasteiger partial charge in [0.15, 0.2) is 5.96 Å². The van der Waals surface area contributed by atoms with Crippen LogP contribution in [0.5, 0.6) is 5.75 Å². The summed E-state index contributed by atoms with van der Waals surface area (Å²) in [4.78, 5) is 16.3. The van der Waals surface area contributed by atoms with Gasteiger partial charge in [-0.15, -0.1) is 0 Å². The molecule has 2 rings (SSSR count). The Morgan fingerprint density at radius 2 is 2.44 bits per heavy atom. The first-order chi connectivity index (χ1) is 8.61. The van der Waals surface area contributed by atoms with Gasteiger partial charge in [0.05, 0.1) is 12.6 Å². The Morgan fingerprint density at radius 1 is 1.67 bits per heavy atom. The van der Waals surface area contributed by atoms with E-state index in [1.54, 1.807) is 7.05 Å². The predicted octanol–water partition coefficient (Wildman–Crippen LogP) is 1.68. The van der Waals surface area contributed by atoms with Crippen molar-refractivity contribution in [2.45, 2.75) is 12.5 Å². The van der Waals surface area contributed by atoms with Gasteiger partial charge in [-0.25, -0.2) is 4.99 Å². The summed E-state index contributed by atoms with van der Waals surface area (Å²) in [5, 5.41) is 0. The van der Waals surface area contributed by atoms with Crippen LogP contribution in [0.15, 0.2) is 27.7 Å². The molecule has 96 valence electrons. The van der Waals surface area contributed by atoms with Crippen LogP contribution in [0.2, 0.25) is 0 Å². The van der Waals surface area contributed by atoms with E-state index in [9.17, 15) is 4.79 Å². The van der Waals surface area contributed by atoms with Crippen molar-refractivity contribution in [1.82, 2.24) is 4.90 Å². The van der Waals surface area contributed by atoms with Gasteiger partial charge in [0, 0.05) is 23.5 Å². The summed E-state index contributed by atoms with van der Waals surface area (Å²) in [6.07, 6.45) is 1.39. The molecule has 1 atom stereocenters. The molecule has 0 spiro atoms. The Hall–Kier alpha value is -1.56. The fourth-order valence-corrected chi connectivity index (χ4v) is 2.16. The molecule has 1 aliphatic rings. The topological polar surface area (TPSA) is 67.9 Å². The smallest absolute Gasteiger partial charge is 0.216 e. The second-order valence-corrected chi connectivity index (χ2v) is 4.95. The van der Waals surface area contributed by atoms with Crippen LogP contribution in [-0.4, -0.2) is 30.9 Å². The lowest BCUT2D eigenvalue weighted by Crippen LogP contribution is -2.33. The van der Waals surface area contributed by atoms with Gasteiger partial charge in [-0.1, -0.05) is 15.9 Å². The SMILES string of the molecule is CN(C=O)C(N)=NC1CCOc2ccc(Br)cc21. The molecule has 0 bridgehead atoms. The Labute approximate surface area is 114 Å². The molecular weight excluding hydrogens is 298 g/mol. The summed E-state index contributed by atoms with van der Waals surface area (Å²) in [5.41, 5.74) is 6.73. The Balaban J connectivity index is 2.32. The molecule has 0 aromatic heterocycles. The quantitative estimate of drug-likeness (QED) is 0.513. The molecule has 0 saturated heterocycles. The largest absolute Gasteiger partial charge is 0.493 e. The Morgan fingerprint density at radius 3 is 3.17 bits per heavy atom. The minimum Gasteiger partial charge on any atom is -0.493 e. The summed E-state index contributed by atoms with van der Waals surface area (Å²) in [7, 11) is 1.58. The Kier molecular flexibility index (Phi) is 3.86. The van der Waals surface area contributed by atoms with Gasteiger partial charge in [0.25, 0.3) is 0 Å². The highest BCUT2D eigenvalue weighted by atomic mass is 79.9. The number of fused-ring (bicyclic) bond motifs is 1. The van der Waals surface area contributed by atoms with Crippen molar-refractivity contribution in [2.75, 3.05) is 13.7 Å². The van der Waals surface area contributed by atoms with E-state index in [0.717, 1.165) is 22.2 Å². The number of halogens is 1. The highest BCUT2D eigenvalue weighted by Crippen LogP contribution is 2.36. The minimum absolute atomic E-state index is 0.0753. The van der Waals surface area contributed by atoms with Crippen LogP contribution in [0.3, 0.4) is 0 Å². The first-order valence-electron chi connectivity index (χ1n) is 5.55. The van der Waals surface area contributed by atoms with Crippen LogP contribution < -0.4 is 10.5 Å². The summed E-state index contributed by atoms with van der Waals surface area (Å²) in [5.74, 6) is 1.03. The number of amides is 1.